The number of hydrazone groups is 1. The lowest BCUT2D eigenvalue weighted by atomic mass is 10.0. The van der Waals surface area contributed by atoms with Crippen LogP contribution in [0.15, 0.2) is 28.2 Å². The largest absolute Gasteiger partial charge is 0.480 e. The smallest absolute Gasteiger partial charge is 0.328 e. The predicted octanol–water partition coefficient (Wildman–Crippen LogP) is 0.138. The van der Waals surface area contributed by atoms with Crippen LogP contribution in [0.5, 0.6) is 0 Å². The van der Waals surface area contributed by atoms with Gasteiger partial charge in [-0.3, -0.25) is 5.43 Å². The van der Waals surface area contributed by atoms with E-state index in [2.05, 4.69) is 10.5 Å². The lowest BCUT2D eigenvalue weighted by molar-refractivity contribution is -0.139. The van der Waals surface area contributed by atoms with Crippen LogP contribution in [-0.4, -0.2) is 31.2 Å². The van der Waals surface area contributed by atoms with Crippen LogP contribution < -0.4 is 10.6 Å². The quantitative estimate of drug-likeness (QED) is 0.733. The Kier molecular flexibility index (Phi) is 3.48. The molecule has 0 radical (unpaired) electrons. The molecule has 19 heavy (non-hydrogen) atoms. The Labute approximate surface area is 114 Å². The highest BCUT2D eigenvalue weighted by Crippen LogP contribution is 2.23. The van der Waals surface area contributed by atoms with Crippen molar-refractivity contribution in [3.8, 4) is 0 Å². The van der Waals surface area contributed by atoms with Gasteiger partial charge in [0.15, 0.2) is 0 Å². The van der Waals surface area contributed by atoms with Gasteiger partial charge in [-0.15, -0.1) is 0 Å². The molecule has 0 saturated carbocycles. The van der Waals surface area contributed by atoms with Crippen LogP contribution in [0, 0.1) is 0 Å². The Morgan fingerprint density at radius 3 is 2.74 bits per heavy atom. The molecule has 0 amide bonds. The predicted molar refractivity (Wildman–Crippen MR) is 68.5 cm³/mol. The van der Waals surface area contributed by atoms with Crippen LogP contribution in [0.4, 0.5) is 0 Å². The minimum absolute atomic E-state index is 0.00703. The molecule has 102 valence electrons. The number of carboxylic acid groups (broad SMARTS) is 1. The molecule has 1 aromatic rings. The minimum atomic E-state index is -3.94. The summed E-state index contributed by atoms with van der Waals surface area (Å²) in [5, 5.41) is 17.7. The van der Waals surface area contributed by atoms with E-state index in [-0.39, 0.29) is 16.3 Å². The Bertz CT molecular complexity index is 671. The van der Waals surface area contributed by atoms with E-state index in [4.69, 9.17) is 21.8 Å². The summed E-state index contributed by atoms with van der Waals surface area (Å²) >= 11 is 5.76. The molecular weight excluding hydrogens is 294 g/mol. The summed E-state index contributed by atoms with van der Waals surface area (Å²) in [6, 6.07) is 3.40. The average Bonchev–Trinajstić information content (AvgIpc) is 2.77. The first-order chi connectivity index (χ1) is 8.79. The van der Waals surface area contributed by atoms with Gasteiger partial charge in [-0.05, 0) is 17.7 Å². The highest BCUT2D eigenvalue weighted by Gasteiger charge is 2.26. The number of primary sulfonamides is 1. The van der Waals surface area contributed by atoms with Crippen molar-refractivity contribution in [2.24, 2.45) is 10.2 Å². The molecule has 1 aliphatic heterocycles. The van der Waals surface area contributed by atoms with Crippen molar-refractivity contribution in [1.29, 1.82) is 0 Å². The minimum Gasteiger partial charge on any atom is -0.480 e. The number of aliphatic carboxylic acids is 1. The zero-order chi connectivity index (χ0) is 14.2. The molecule has 0 aromatic heterocycles. The van der Waals surface area contributed by atoms with E-state index in [0.29, 0.717) is 11.3 Å². The van der Waals surface area contributed by atoms with Gasteiger partial charge in [0.1, 0.15) is 10.9 Å². The molecule has 0 fully saturated rings. The molecule has 7 nitrogen and oxygen atoms in total. The molecule has 1 atom stereocenters. The Morgan fingerprint density at radius 2 is 2.21 bits per heavy atom. The van der Waals surface area contributed by atoms with Crippen LogP contribution in [0.1, 0.15) is 12.0 Å². The maximum atomic E-state index is 11.3. The second-order valence-electron chi connectivity index (χ2n) is 3.97. The third-order valence-corrected chi connectivity index (χ3v) is 4.01. The van der Waals surface area contributed by atoms with Crippen LogP contribution >= 0.6 is 11.6 Å². The fourth-order valence-corrected chi connectivity index (χ4v) is 2.74. The van der Waals surface area contributed by atoms with Crippen molar-refractivity contribution < 1.29 is 18.3 Å². The normalized spacial score (nSPS) is 18.8. The summed E-state index contributed by atoms with van der Waals surface area (Å²) in [5.41, 5.74) is 3.35. The molecule has 4 N–H and O–H groups in total. The standard InChI is InChI=1S/C10H10ClN3O4S/c11-6-2-1-5(3-9(6)19(12,17)18)7-4-8(10(15)16)14-13-7/h1-3,8,14H,4H2,(H,15,16)(H2,12,17,18). The number of hydrogen-bond donors (Lipinski definition) is 3. The third kappa shape index (κ3) is 2.86. The highest BCUT2D eigenvalue weighted by molar-refractivity contribution is 7.89. The van der Waals surface area contributed by atoms with Gasteiger partial charge in [-0.2, -0.15) is 5.10 Å². The molecule has 9 heteroatoms. The number of nitrogens with one attached hydrogen (secondary N) is 1. The van der Waals surface area contributed by atoms with Crippen molar-refractivity contribution in [2.75, 3.05) is 0 Å². The number of carboxylic acids is 1. The van der Waals surface area contributed by atoms with Gasteiger partial charge in [0, 0.05) is 6.42 Å². The first-order valence-corrected chi connectivity index (χ1v) is 7.09. The first kappa shape index (κ1) is 13.8. The zero-order valence-electron chi connectivity index (χ0n) is 9.50. The maximum Gasteiger partial charge on any atom is 0.328 e. The number of benzene rings is 1. The van der Waals surface area contributed by atoms with Gasteiger partial charge in [0.25, 0.3) is 0 Å². The van der Waals surface area contributed by atoms with Gasteiger partial charge in [-0.1, -0.05) is 17.7 Å². The summed E-state index contributed by atoms with van der Waals surface area (Å²) in [5.74, 6) is -1.03. The second-order valence-corrected chi connectivity index (χ2v) is 5.91. The number of rotatable bonds is 3. The van der Waals surface area contributed by atoms with Crippen LogP contribution in [0.3, 0.4) is 0 Å². The van der Waals surface area contributed by atoms with Gasteiger partial charge in [0.05, 0.1) is 10.7 Å². The molecule has 2 rings (SSSR count). The topological polar surface area (TPSA) is 122 Å². The van der Waals surface area contributed by atoms with Crippen LogP contribution in [0.2, 0.25) is 5.02 Å². The summed E-state index contributed by atoms with van der Waals surface area (Å²) in [7, 11) is -3.94. The molecule has 1 heterocycles. The molecule has 0 bridgehead atoms. The third-order valence-electron chi connectivity index (χ3n) is 2.62. The number of hydrogen-bond acceptors (Lipinski definition) is 5. The Morgan fingerprint density at radius 1 is 1.53 bits per heavy atom. The van der Waals surface area contributed by atoms with Crippen molar-refractivity contribution in [2.45, 2.75) is 17.4 Å². The summed E-state index contributed by atoms with van der Waals surface area (Å²) in [6.45, 7) is 0. The number of nitrogens with two attached hydrogens (primary N) is 1. The van der Waals surface area contributed by atoms with Crippen LogP contribution in [-0.2, 0) is 14.8 Å². The lowest BCUT2D eigenvalue weighted by Crippen LogP contribution is -2.29. The van der Waals surface area contributed by atoms with E-state index in [0.717, 1.165) is 0 Å². The van der Waals surface area contributed by atoms with Crippen LogP contribution in [0.25, 0.3) is 0 Å². The number of sulfonamides is 1. The van der Waals surface area contributed by atoms with E-state index in [1.165, 1.54) is 12.1 Å². The van der Waals surface area contributed by atoms with E-state index in [1.807, 2.05) is 0 Å². The Balaban J connectivity index is 2.36. The number of carbonyl (C=O) groups is 1. The van der Waals surface area contributed by atoms with Crippen molar-refractivity contribution >= 4 is 33.3 Å². The van der Waals surface area contributed by atoms with Gasteiger partial charge < -0.3 is 5.11 Å². The zero-order valence-corrected chi connectivity index (χ0v) is 11.1. The maximum absolute atomic E-state index is 11.3. The van der Waals surface area contributed by atoms with E-state index >= 15 is 0 Å². The van der Waals surface area contributed by atoms with E-state index in [1.54, 1.807) is 6.07 Å². The Hall–Kier alpha value is -1.64. The first-order valence-electron chi connectivity index (χ1n) is 5.16. The molecular formula is C10H10ClN3O4S. The molecule has 1 unspecified atom stereocenters. The average molecular weight is 304 g/mol. The molecule has 1 aliphatic rings. The van der Waals surface area contributed by atoms with E-state index in [9.17, 15) is 13.2 Å². The fraction of sp³-hybridized carbons (Fsp3) is 0.200. The fourth-order valence-electron chi connectivity index (χ4n) is 1.67. The SMILES string of the molecule is NS(=O)(=O)c1cc(C2=NNC(C(=O)O)C2)ccc1Cl. The highest BCUT2D eigenvalue weighted by atomic mass is 35.5. The van der Waals surface area contributed by atoms with Gasteiger partial charge in [-0.25, -0.2) is 18.4 Å². The van der Waals surface area contributed by atoms with Crippen molar-refractivity contribution in [3.63, 3.8) is 0 Å². The van der Waals surface area contributed by atoms with Gasteiger partial charge >= 0.3 is 5.97 Å². The molecule has 1 aromatic carbocycles. The molecule has 0 spiro atoms. The van der Waals surface area contributed by atoms with Gasteiger partial charge in [0.2, 0.25) is 10.0 Å². The summed E-state index contributed by atoms with van der Waals surface area (Å²) in [4.78, 5) is 10.6. The monoisotopic (exact) mass is 303 g/mol. The van der Waals surface area contributed by atoms with Crippen molar-refractivity contribution in [3.05, 3.63) is 28.8 Å². The summed E-state index contributed by atoms with van der Waals surface area (Å²) in [6.07, 6.45) is 0.154. The van der Waals surface area contributed by atoms with E-state index < -0.39 is 22.0 Å². The lowest BCUT2D eigenvalue weighted by Gasteiger charge is -2.06. The molecule has 0 saturated heterocycles. The molecule has 0 aliphatic carbocycles. The summed E-state index contributed by atoms with van der Waals surface area (Å²) < 4.78 is 22.7. The number of nitrogens with zero attached hydrogens (tertiary/aromatic N) is 1. The second kappa shape index (κ2) is 4.80. The number of halogens is 1. The van der Waals surface area contributed by atoms with Crippen molar-refractivity contribution in [1.82, 2.24) is 5.43 Å².